The van der Waals surface area contributed by atoms with Crippen molar-refractivity contribution in [2.45, 2.75) is 41.7 Å². The van der Waals surface area contributed by atoms with Gasteiger partial charge in [0.15, 0.2) is 0 Å². The SMILES string of the molecule is CSC1(CNc2cc(N)cc(S(N)(=O)=O)c2)CCCCC1. The van der Waals surface area contributed by atoms with E-state index in [0.717, 1.165) is 6.54 Å². The fourth-order valence-electron chi connectivity index (χ4n) is 2.80. The van der Waals surface area contributed by atoms with Crippen molar-refractivity contribution < 1.29 is 8.42 Å². The predicted molar refractivity (Wildman–Crippen MR) is 90.0 cm³/mol. The smallest absolute Gasteiger partial charge is 0.238 e. The third-order valence-corrected chi connectivity index (χ3v) is 6.38. The van der Waals surface area contributed by atoms with Gasteiger partial charge in [-0.25, -0.2) is 13.6 Å². The van der Waals surface area contributed by atoms with Gasteiger partial charge in [-0.1, -0.05) is 19.3 Å². The molecule has 1 saturated carbocycles. The van der Waals surface area contributed by atoms with Gasteiger partial charge in [0, 0.05) is 22.7 Å². The predicted octanol–water partition coefficient (Wildman–Crippen LogP) is 2.39. The molecule has 1 aliphatic rings. The standard InChI is InChI=1S/C14H23N3O2S2/c1-20-14(5-3-2-4-6-14)10-17-12-7-11(15)8-13(9-12)21(16,18)19/h7-9,17H,2-6,10,15H2,1H3,(H2,16,18,19). The molecule has 0 atom stereocenters. The number of thioether (sulfide) groups is 1. The summed E-state index contributed by atoms with van der Waals surface area (Å²) in [4.78, 5) is 0.0480. The Hall–Kier alpha value is -0.920. The Morgan fingerprint density at radius 1 is 1.24 bits per heavy atom. The van der Waals surface area contributed by atoms with Gasteiger partial charge >= 0.3 is 0 Å². The molecule has 7 heteroatoms. The Balaban J connectivity index is 2.14. The molecular weight excluding hydrogens is 306 g/mol. The van der Waals surface area contributed by atoms with Crippen LogP contribution in [0.5, 0.6) is 0 Å². The zero-order chi connectivity index (χ0) is 15.5. The number of rotatable bonds is 5. The van der Waals surface area contributed by atoms with Gasteiger partial charge in [0.1, 0.15) is 0 Å². The van der Waals surface area contributed by atoms with Crippen LogP contribution in [-0.2, 0) is 10.0 Å². The summed E-state index contributed by atoms with van der Waals surface area (Å²) in [5, 5.41) is 8.51. The second-order valence-electron chi connectivity index (χ2n) is 5.64. The normalized spacial score (nSPS) is 18.4. The molecule has 0 heterocycles. The minimum Gasteiger partial charge on any atom is -0.399 e. The number of nitrogens with two attached hydrogens (primary N) is 2. The number of sulfonamides is 1. The van der Waals surface area contributed by atoms with Crippen LogP contribution in [0, 0.1) is 0 Å². The Morgan fingerprint density at radius 3 is 2.48 bits per heavy atom. The minimum atomic E-state index is -3.74. The third-order valence-electron chi connectivity index (χ3n) is 4.07. The van der Waals surface area contributed by atoms with Gasteiger partial charge in [-0.05, 0) is 37.3 Å². The van der Waals surface area contributed by atoms with E-state index in [1.165, 1.54) is 38.2 Å². The van der Waals surface area contributed by atoms with E-state index in [-0.39, 0.29) is 9.64 Å². The first-order chi connectivity index (χ1) is 9.85. The third kappa shape index (κ3) is 4.28. The quantitative estimate of drug-likeness (QED) is 0.721. The van der Waals surface area contributed by atoms with Gasteiger partial charge in [0.25, 0.3) is 0 Å². The summed E-state index contributed by atoms with van der Waals surface area (Å²) < 4.78 is 23.1. The van der Waals surface area contributed by atoms with E-state index in [1.807, 2.05) is 11.8 Å². The monoisotopic (exact) mass is 329 g/mol. The number of nitrogens with one attached hydrogen (secondary N) is 1. The van der Waals surface area contributed by atoms with Gasteiger partial charge in [-0.2, -0.15) is 11.8 Å². The summed E-state index contributed by atoms with van der Waals surface area (Å²) in [7, 11) is -3.74. The first kappa shape index (κ1) is 16.5. The number of benzene rings is 1. The van der Waals surface area contributed by atoms with Crippen LogP contribution >= 0.6 is 11.8 Å². The summed E-state index contributed by atoms with van der Waals surface area (Å²) in [5.41, 5.74) is 6.87. The summed E-state index contributed by atoms with van der Waals surface area (Å²) >= 11 is 1.89. The number of anilines is 2. The van der Waals surface area contributed by atoms with Gasteiger partial charge < -0.3 is 11.1 Å². The van der Waals surface area contributed by atoms with Crippen LogP contribution in [0.2, 0.25) is 0 Å². The second kappa shape index (κ2) is 6.46. The molecule has 0 spiro atoms. The van der Waals surface area contributed by atoms with E-state index < -0.39 is 10.0 Å². The lowest BCUT2D eigenvalue weighted by molar-refractivity contribution is 0.411. The summed E-state index contributed by atoms with van der Waals surface area (Å²) in [6.45, 7) is 0.807. The molecule has 0 unspecified atom stereocenters. The van der Waals surface area contributed by atoms with Crippen molar-refractivity contribution in [2.24, 2.45) is 5.14 Å². The largest absolute Gasteiger partial charge is 0.399 e. The number of hydrogen-bond acceptors (Lipinski definition) is 5. The van der Waals surface area contributed by atoms with Crippen LogP contribution in [0.25, 0.3) is 0 Å². The summed E-state index contributed by atoms with van der Waals surface area (Å²) in [6, 6.07) is 4.67. The van der Waals surface area contributed by atoms with Crippen molar-refractivity contribution >= 4 is 33.2 Å². The van der Waals surface area contributed by atoms with Crippen molar-refractivity contribution in [2.75, 3.05) is 23.9 Å². The molecule has 0 radical (unpaired) electrons. The molecule has 5 nitrogen and oxygen atoms in total. The average Bonchev–Trinajstić information content (AvgIpc) is 2.45. The van der Waals surface area contributed by atoms with E-state index in [4.69, 9.17) is 10.9 Å². The molecule has 1 fully saturated rings. The van der Waals surface area contributed by atoms with Crippen molar-refractivity contribution in [3.8, 4) is 0 Å². The molecule has 5 N–H and O–H groups in total. The summed E-state index contributed by atoms with van der Waals surface area (Å²) in [5.74, 6) is 0. The Bertz CT molecular complexity index is 596. The Morgan fingerprint density at radius 2 is 1.90 bits per heavy atom. The molecule has 0 saturated heterocycles. The van der Waals surface area contributed by atoms with Gasteiger partial charge in [0.05, 0.1) is 4.90 Å². The number of hydrogen-bond donors (Lipinski definition) is 3. The highest BCUT2D eigenvalue weighted by molar-refractivity contribution is 8.00. The molecule has 0 amide bonds. The van der Waals surface area contributed by atoms with Gasteiger partial charge in [-0.3, -0.25) is 0 Å². The van der Waals surface area contributed by atoms with E-state index in [1.54, 1.807) is 12.1 Å². The molecule has 0 aliphatic heterocycles. The fourth-order valence-corrected chi connectivity index (χ4v) is 4.31. The van der Waals surface area contributed by atoms with Crippen LogP contribution in [0.4, 0.5) is 11.4 Å². The highest BCUT2D eigenvalue weighted by Gasteiger charge is 2.30. The van der Waals surface area contributed by atoms with Crippen LogP contribution in [0.1, 0.15) is 32.1 Å². The van der Waals surface area contributed by atoms with Gasteiger partial charge in [-0.15, -0.1) is 0 Å². The number of primary sulfonamides is 1. The Labute approximate surface area is 130 Å². The molecule has 118 valence electrons. The minimum absolute atomic E-state index is 0.0480. The summed E-state index contributed by atoms with van der Waals surface area (Å²) in [6.07, 6.45) is 8.32. The molecule has 0 bridgehead atoms. The lowest BCUT2D eigenvalue weighted by Crippen LogP contribution is -2.35. The zero-order valence-electron chi connectivity index (χ0n) is 12.3. The van der Waals surface area contributed by atoms with E-state index >= 15 is 0 Å². The van der Waals surface area contributed by atoms with Crippen LogP contribution in [-0.4, -0.2) is 26.0 Å². The van der Waals surface area contributed by atoms with Crippen LogP contribution < -0.4 is 16.2 Å². The maximum atomic E-state index is 11.5. The van der Waals surface area contributed by atoms with Crippen molar-refractivity contribution in [1.82, 2.24) is 0 Å². The Kier molecular flexibility index (Phi) is 5.06. The van der Waals surface area contributed by atoms with E-state index in [2.05, 4.69) is 11.6 Å². The molecule has 21 heavy (non-hydrogen) atoms. The van der Waals surface area contributed by atoms with Crippen LogP contribution in [0.3, 0.4) is 0 Å². The van der Waals surface area contributed by atoms with Crippen LogP contribution in [0.15, 0.2) is 23.1 Å². The fraction of sp³-hybridized carbons (Fsp3) is 0.571. The highest BCUT2D eigenvalue weighted by atomic mass is 32.2. The number of nitrogen functional groups attached to an aromatic ring is 1. The zero-order valence-corrected chi connectivity index (χ0v) is 13.9. The molecule has 2 rings (SSSR count). The van der Waals surface area contributed by atoms with Gasteiger partial charge in [0.2, 0.25) is 10.0 Å². The maximum Gasteiger partial charge on any atom is 0.238 e. The maximum absolute atomic E-state index is 11.5. The second-order valence-corrected chi connectivity index (χ2v) is 8.47. The lowest BCUT2D eigenvalue weighted by Gasteiger charge is -2.36. The van der Waals surface area contributed by atoms with E-state index in [9.17, 15) is 8.42 Å². The lowest BCUT2D eigenvalue weighted by atomic mass is 9.88. The van der Waals surface area contributed by atoms with Crippen molar-refractivity contribution in [1.29, 1.82) is 0 Å². The first-order valence-corrected chi connectivity index (χ1v) is 9.84. The highest BCUT2D eigenvalue weighted by Crippen LogP contribution is 2.38. The van der Waals surface area contributed by atoms with Crippen molar-refractivity contribution in [3.05, 3.63) is 18.2 Å². The molecule has 1 aromatic carbocycles. The first-order valence-electron chi connectivity index (χ1n) is 7.07. The molecular formula is C14H23N3O2S2. The van der Waals surface area contributed by atoms with E-state index in [0.29, 0.717) is 11.4 Å². The topological polar surface area (TPSA) is 98.2 Å². The molecule has 0 aromatic heterocycles. The molecule has 1 aromatic rings. The molecule has 1 aliphatic carbocycles. The average molecular weight is 329 g/mol. The van der Waals surface area contributed by atoms with Crippen molar-refractivity contribution in [3.63, 3.8) is 0 Å².